The zero-order chi connectivity index (χ0) is 18.1. The molecule has 1 unspecified atom stereocenters. The van der Waals surface area contributed by atoms with Crippen molar-refractivity contribution in [3.8, 4) is 0 Å². The van der Waals surface area contributed by atoms with Gasteiger partial charge in [0.1, 0.15) is 0 Å². The van der Waals surface area contributed by atoms with Crippen molar-refractivity contribution in [3.63, 3.8) is 0 Å². The first-order chi connectivity index (χ1) is 11.9. The normalized spacial score (nSPS) is 22.9. The fourth-order valence-electron chi connectivity index (χ4n) is 3.53. The monoisotopic (exact) mass is 423 g/mol. The van der Waals surface area contributed by atoms with E-state index in [1.165, 1.54) is 32.9 Å². The molecule has 2 fully saturated rings. The van der Waals surface area contributed by atoms with E-state index in [1.54, 1.807) is 0 Å². The van der Waals surface area contributed by atoms with E-state index < -0.39 is 20.0 Å². The second-order valence-corrected chi connectivity index (χ2v) is 10.4. The number of nitrogens with zero attached hydrogens (tertiary/aromatic N) is 2. The number of hydrogen-bond acceptors (Lipinski definition) is 5. The van der Waals surface area contributed by atoms with Crippen LogP contribution in [-0.4, -0.2) is 57.7 Å². The molecular weight excluding hydrogens is 398 g/mol. The van der Waals surface area contributed by atoms with E-state index in [1.807, 2.05) is 0 Å². The summed E-state index contributed by atoms with van der Waals surface area (Å²) in [4.78, 5) is 0.0601. The van der Waals surface area contributed by atoms with E-state index in [0.717, 1.165) is 32.1 Å². The van der Waals surface area contributed by atoms with Crippen LogP contribution in [0.1, 0.15) is 32.1 Å². The molecule has 0 aliphatic carbocycles. The first-order valence-corrected chi connectivity index (χ1v) is 11.6. The maximum atomic E-state index is 13.0. The molecule has 2 N–H and O–H groups in total. The molecule has 2 heterocycles. The van der Waals surface area contributed by atoms with Crippen molar-refractivity contribution in [2.75, 3.05) is 26.2 Å². The molecule has 3 rings (SSSR count). The Balaban J connectivity index is 0.00000243. The Morgan fingerprint density at radius 2 is 1.50 bits per heavy atom. The van der Waals surface area contributed by atoms with Gasteiger partial charge in [0, 0.05) is 32.2 Å². The average Bonchev–Trinajstić information content (AvgIpc) is 3.17. The fraction of sp³-hybridized carbons (Fsp3) is 0.625. The Labute approximate surface area is 162 Å². The molecule has 7 nitrogen and oxygen atoms in total. The lowest BCUT2D eigenvalue weighted by molar-refractivity contribution is 0.257. The second-order valence-electron chi connectivity index (χ2n) is 6.59. The van der Waals surface area contributed by atoms with Crippen LogP contribution in [0, 0.1) is 0 Å². The number of benzene rings is 1. The quantitative estimate of drug-likeness (QED) is 0.771. The molecule has 2 aliphatic rings. The smallest absolute Gasteiger partial charge is 0.243 e. The molecule has 10 heteroatoms. The van der Waals surface area contributed by atoms with Crippen LogP contribution in [-0.2, 0) is 20.0 Å². The zero-order valence-corrected chi connectivity index (χ0v) is 17.0. The van der Waals surface area contributed by atoms with Crippen molar-refractivity contribution in [1.29, 1.82) is 0 Å². The second kappa shape index (κ2) is 8.53. The van der Waals surface area contributed by atoms with Crippen LogP contribution in [0.15, 0.2) is 34.1 Å². The SMILES string of the molecule is Cl.NCC1CCCCN1S(=O)(=O)c1cccc(S(=O)(=O)N2CCCC2)c1. The summed E-state index contributed by atoms with van der Waals surface area (Å²) in [6.45, 7) is 1.67. The molecule has 1 aromatic carbocycles. The van der Waals surface area contributed by atoms with E-state index in [0.29, 0.717) is 19.6 Å². The lowest BCUT2D eigenvalue weighted by Crippen LogP contribution is -2.47. The topological polar surface area (TPSA) is 101 Å². The maximum absolute atomic E-state index is 13.0. The van der Waals surface area contributed by atoms with Gasteiger partial charge in [-0.25, -0.2) is 16.8 Å². The number of nitrogens with two attached hydrogens (primary N) is 1. The first-order valence-electron chi connectivity index (χ1n) is 8.69. The minimum atomic E-state index is -3.76. The Morgan fingerprint density at radius 1 is 0.923 bits per heavy atom. The number of hydrogen-bond donors (Lipinski definition) is 1. The molecule has 1 atom stereocenters. The van der Waals surface area contributed by atoms with Crippen LogP contribution in [0.4, 0.5) is 0 Å². The highest BCUT2D eigenvalue weighted by Gasteiger charge is 2.34. The molecule has 0 saturated carbocycles. The first kappa shape index (κ1) is 21.6. The zero-order valence-electron chi connectivity index (χ0n) is 14.6. The molecular formula is C16H26ClN3O4S2. The van der Waals surface area contributed by atoms with Crippen molar-refractivity contribution in [2.45, 2.75) is 47.9 Å². The van der Waals surface area contributed by atoms with Crippen molar-refractivity contribution in [2.24, 2.45) is 5.73 Å². The van der Waals surface area contributed by atoms with Gasteiger partial charge in [0.15, 0.2) is 0 Å². The number of rotatable bonds is 5. The molecule has 0 radical (unpaired) electrons. The summed E-state index contributed by atoms with van der Waals surface area (Å²) >= 11 is 0. The van der Waals surface area contributed by atoms with Gasteiger partial charge in [0.2, 0.25) is 20.0 Å². The van der Waals surface area contributed by atoms with Crippen molar-refractivity contribution in [1.82, 2.24) is 8.61 Å². The van der Waals surface area contributed by atoms with Gasteiger partial charge < -0.3 is 5.73 Å². The standard InChI is InChI=1S/C16H25N3O4S2.ClH/c17-13-14-6-1-2-11-19(14)25(22,23)16-8-5-7-15(12-16)24(20,21)18-9-3-4-10-18;/h5,7-8,12,14H,1-4,6,9-11,13,17H2;1H. The van der Waals surface area contributed by atoms with E-state index in [4.69, 9.17) is 5.73 Å². The van der Waals surface area contributed by atoms with E-state index in [9.17, 15) is 16.8 Å². The largest absolute Gasteiger partial charge is 0.329 e. The fourth-order valence-corrected chi connectivity index (χ4v) is 6.92. The molecule has 0 bridgehead atoms. The van der Waals surface area contributed by atoms with Crippen LogP contribution in [0.3, 0.4) is 0 Å². The minimum absolute atomic E-state index is 0. The van der Waals surface area contributed by atoms with Gasteiger partial charge in [-0.2, -0.15) is 8.61 Å². The van der Waals surface area contributed by atoms with Gasteiger partial charge in [-0.15, -0.1) is 12.4 Å². The van der Waals surface area contributed by atoms with Crippen molar-refractivity contribution >= 4 is 32.5 Å². The van der Waals surface area contributed by atoms with Crippen LogP contribution >= 0.6 is 12.4 Å². The summed E-state index contributed by atoms with van der Waals surface area (Å²) in [6.07, 6.45) is 4.16. The van der Waals surface area contributed by atoms with Gasteiger partial charge in [0.25, 0.3) is 0 Å². The molecule has 26 heavy (non-hydrogen) atoms. The van der Waals surface area contributed by atoms with Gasteiger partial charge in [-0.1, -0.05) is 12.5 Å². The van der Waals surface area contributed by atoms with Crippen molar-refractivity contribution < 1.29 is 16.8 Å². The Kier molecular flexibility index (Phi) is 7.09. The minimum Gasteiger partial charge on any atom is -0.329 e. The van der Waals surface area contributed by atoms with Crippen LogP contribution in [0.2, 0.25) is 0 Å². The van der Waals surface area contributed by atoms with Gasteiger partial charge >= 0.3 is 0 Å². The highest BCUT2D eigenvalue weighted by molar-refractivity contribution is 7.90. The predicted octanol–water partition coefficient (Wildman–Crippen LogP) is 1.39. The Morgan fingerprint density at radius 3 is 2.12 bits per heavy atom. The molecule has 2 saturated heterocycles. The van der Waals surface area contributed by atoms with Gasteiger partial charge in [0.05, 0.1) is 9.79 Å². The van der Waals surface area contributed by atoms with Gasteiger partial charge in [-0.05, 0) is 43.9 Å². The summed E-state index contributed by atoms with van der Waals surface area (Å²) in [6, 6.07) is 5.48. The summed E-state index contributed by atoms with van der Waals surface area (Å²) in [7, 11) is -7.40. The van der Waals surface area contributed by atoms with Crippen LogP contribution in [0.25, 0.3) is 0 Å². The maximum Gasteiger partial charge on any atom is 0.243 e. The Hall–Kier alpha value is -0.710. The third-order valence-electron chi connectivity index (χ3n) is 4.96. The average molecular weight is 424 g/mol. The van der Waals surface area contributed by atoms with Crippen LogP contribution in [0.5, 0.6) is 0 Å². The molecule has 0 spiro atoms. The molecule has 0 aromatic heterocycles. The van der Waals surface area contributed by atoms with E-state index in [2.05, 4.69) is 0 Å². The van der Waals surface area contributed by atoms with Crippen LogP contribution < -0.4 is 5.73 Å². The number of piperidine rings is 1. The Bertz CT molecular complexity index is 824. The van der Waals surface area contributed by atoms with E-state index in [-0.39, 0.29) is 34.8 Å². The molecule has 148 valence electrons. The predicted molar refractivity (Wildman–Crippen MR) is 102 cm³/mol. The van der Waals surface area contributed by atoms with E-state index >= 15 is 0 Å². The lowest BCUT2D eigenvalue weighted by atomic mass is 10.1. The summed E-state index contributed by atoms with van der Waals surface area (Å²) in [5.41, 5.74) is 5.74. The molecule has 2 aliphatic heterocycles. The third-order valence-corrected chi connectivity index (χ3v) is 8.80. The highest BCUT2D eigenvalue weighted by Crippen LogP contribution is 2.28. The summed E-state index contributed by atoms with van der Waals surface area (Å²) < 4.78 is 54.3. The molecule has 1 aromatic rings. The number of halogens is 1. The summed E-state index contributed by atoms with van der Waals surface area (Å²) in [5.74, 6) is 0. The highest BCUT2D eigenvalue weighted by atomic mass is 35.5. The third kappa shape index (κ3) is 4.07. The van der Waals surface area contributed by atoms with Crippen molar-refractivity contribution in [3.05, 3.63) is 24.3 Å². The number of sulfonamides is 2. The lowest BCUT2D eigenvalue weighted by Gasteiger charge is -2.34. The van der Waals surface area contributed by atoms with Gasteiger partial charge in [-0.3, -0.25) is 0 Å². The molecule has 0 amide bonds. The summed E-state index contributed by atoms with van der Waals surface area (Å²) in [5, 5.41) is 0.